The second-order valence-electron chi connectivity index (χ2n) is 6.98. The predicted molar refractivity (Wildman–Crippen MR) is 111 cm³/mol. The van der Waals surface area contributed by atoms with E-state index in [1.54, 1.807) is 24.3 Å². The molecular formula is C24H23ClO2. The van der Waals surface area contributed by atoms with Gasteiger partial charge < -0.3 is 5.11 Å². The molecule has 3 aromatic carbocycles. The average molecular weight is 379 g/mol. The van der Waals surface area contributed by atoms with E-state index in [0.29, 0.717) is 27.3 Å². The first-order valence-electron chi connectivity index (χ1n) is 8.96. The number of hydrogen-bond acceptors (Lipinski definition) is 2. The largest absolute Gasteiger partial charge is 0.384 e. The van der Waals surface area contributed by atoms with Crippen LogP contribution in [0.15, 0.2) is 54.6 Å². The summed E-state index contributed by atoms with van der Waals surface area (Å²) in [5, 5.41) is 11.4. The summed E-state index contributed by atoms with van der Waals surface area (Å²) in [6, 6.07) is 16.5. The minimum atomic E-state index is -0.967. The fourth-order valence-electron chi connectivity index (χ4n) is 3.50. The molecule has 0 bridgehead atoms. The summed E-state index contributed by atoms with van der Waals surface area (Å²) in [5.74, 6) is -0.0708. The van der Waals surface area contributed by atoms with Crippen molar-refractivity contribution in [1.29, 1.82) is 0 Å². The van der Waals surface area contributed by atoms with E-state index >= 15 is 0 Å². The van der Waals surface area contributed by atoms with Crippen molar-refractivity contribution in [2.75, 3.05) is 0 Å². The maximum absolute atomic E-state index is 13.5. The van der Waals surface area contributed by atoms with Gasteiger partial charge in [0.1, 0.15) is 6.10 Å². The molecule has 138 valence electrons. The number of carbonyl (C=O) groups is 1. The molecule has 1 atom stereocenters. The Labute approximate surface area is 165 Å². The third-order valence-electron chi connectivity index (χ3n) is 5.29. The first kappa shape index (κ1) is 19.3. The van der Waals surface area contributed by atoms with Crippen molar-refractivity contribution in [3.05, 3.63) is 104 Å². The van der Waals surface area contributed by atoms with Gasteiger partial charge >= 0.3 is 0 Å². The lowest BCUT2D eigenvalue weighted by Gasteiger charge is -2.19. The van der Waals surface area contributed by atoms with Gasteiger partial charge in [0.2, 0.25) is 0 Å². The summed E-state index contributed by atoms with van der Waals surface area (Å²) in [5.41, 5.74) is 6.50. The lowest BCUT2D eigenvalue weighted by atomic mass is 9.86. The molecule has 0 fully saturated rings. The first-order valence-corrected chi connectivity index (χ1v) is 9.34. The highest BCUT2D eigenvalue weighted by atomic mass is 35.5. The van der Waals surface area contributed by atoms with Crippen LogP contribution in [0.3, 0.4) is 0 Å². The van der Waals surface area contributed by atoms with E-state index in [1.807, 2.05) is 52.0 Å². The Morgan fingerprint density at radius 1 is 0.852 bits per heavy atom. The second kappa shape index (κ2) is 7.67. The number of ketones is 1. The number of hydrogen-bond donors (Lipinski definition) is 1. The highest BCUT2D eigenvalue weighted by Crippen LogP contribution is 2.32. The summed E-state index contributed by atoms with van der Waals surface area (Å²) in [4.78, 5) is 13.5. The van der Waals surface area contributed by atoms with Gasteiger partial charge in [0.05, 0.1) is 0 Å². The number of carbonyl (C=O) groups excluding carboxylic acids is 1. The van der Waals surface area contributed by atoms with Crippen LogP contribution in [0.2, 0.25) is 5.02 Å². The zero-order valence-electron chi connectivity index (χ0n) is 16.0. The predicted octanol–water partition coefficient (Wildman–Crippen LogP) is 5.89. The van der Waals surface area contributed by atoms with E-state index in [1.165, 1.54) is 0 Å². The van der Waals surface area contributed by atoms with E-state index in [2.05, 4.69) is 6.07 Å². The molecule has 0 heterocycles. The molecule has 0 saturated heterocycles. The van der Waals surface area contributed by atoms with Crippen LogP contribution in [0.4, 0.5) is 0 Å². The average Bonchev–Trinajstić information content (AvgIpc) is 2.66. The zero-order chi connectivity index (χ0) is 19.7. The van der Waals surface area contributed by atoms with E-state index in [4.69, 9.17) is 11.6 Å². The van der Waals surface area contributed by atoms with Gasteiger partial charge in [-0.3, -0.25) is 4.79 Å². The van der Waals surface area contributed by atoms with E-state index < -0.39 is 6.10 Å². The number of halogens is 1. The molecule has 0 radical (unpaired) electrons. The van der Waals surface area contributed by atoms with Crippen molar-refractivity contribution in [1.82, 2.24) is 0 Å². The van der Waals surface area contributed by atoms with E-state index in [0.717, 1.165) is 22.3 Å². The minimum Gasteiger partial charge on any atom is -0.384 e. The van der Waals surface area contributed by atoms with Crippen molar-refractivity contribution in [2.24, 2.45) is 0 Å². The summed E-state index contributed by atoms with van der Waals surface area (Å²) in [7, 11) is 0. The van der Waals surface area contributed by atoms with Gasteiger partial charge in [-0.05, 0) is 61.6 Å². The smallest absolute Gasteiger partial charge is 0.193 e. The summed E-state index contributed by atoms with van der Waals surface area (Å²) < 4.78 is 0. The Morgan fingerprint density at radius 3 is 1.96 bits per heavy atom. The molecule has 27 heavy (non-hydrogen) atoms. The normalized spacial score (nSPS) is 12.1. The van der Waals surface area contributed by atoms with Crippen molar-refractivity contribution in [3.63, 3.8) is 0 Å². The molecule has 0 amide bonds. The highest BCUT2D eigenvalue weighted by molar-refractivity contribution is 6.31. The number of benzene rings is 3. The molecule has 1 N–H and O–H groups in total. The fourth-order valence-corrected chi connectivity index (χ4v) is 3.74. The number of aryl methyl sites for hydroxylation is 2. The standard InChI is InChI=1S/C24H23ClO2/c1-14-13-15(2)17(4)22(16(14)3)24(27)19-10-6-5-9-18(19)23(26)20-11-7-8-12-21(20)25/h5-13,23,26H,1-4H3. The summed E-state index contributed by atoms with van der Waals surface area (Å²) >= 11 is 6.27. The molecule has 0 aliphatic heterocycles. The quantitative estimate of drug-likeness (QED) is 0.575. The number of aliphatic hydroxyl groups is 1. The van der Waals surface area contributed by atoms with Crippen molar-refractivity contribution >= 4 is 17.4 Å². The first-order chi connectivity index (χ1) is 12.8. The molecule has 0 spiro atoms. The Kier molecular flexibility index (Phi) is 5.50. The number of aliphatic hydroxyl groups excluding tert-OH is 1. The Bertz CT molecular complexity index is 995. The Balaban J connectivity index is 2.16. The zero-order valence-corrected chi connectivity index (χ0v) is 16.8. The van der Waals surface area contributed by atoms with Crippen molar-refractivity contribution in [3.8, 4) is 0 Å². The second-order valence-corrected chi connectivity index (χ2v) is 7.38. The van der Waals surface area contributed by atoms with Crippen LogP contribution in [-0.4, -0.2) is 10.9 Å². The van der Waals surface area contributed by atoms with Gasteiger partial charge in [0.25, 0.3) is 0 Å². The minimum absolute atomic E-state index is 0.0708. The van der Waals surface area contributed by atoms with Gasteiger partial charge in [-0.1, -0.05) is 60.1 Å². The maximum atomic E-state index is 13.5. The van der Waals surface area contributed by atoms with Gasteiger partial charge in [-0.25, -0.2) is 0 Å². The molecule has 3 heteroatoms. The molecule has 3 rings (SSSR count). The third-order valence-corrected chi connectivity index (χ3v) is 5.64. The Hall–Kier alpha value is -2.42. The van der Waals surface area contributed by atoms with Gasteiger partial charge in [-0.2, -0.15) is 0 Å². The SMILES string of the molecule is Cc1cc(C)c(C)c(C(=O)c2ccccc2C(O)c2ccccc2Cl)c1C. The third kappa shape index (κ3) is 3.55. The number of rotatable bonds is 4. The van der Waals surface area contributed by atoms with E-state index in [-0.39, 0.29) is 5.78 Å². The van der Waals surface area contributed by atoms with Crippen LogP contribution < -0.4 is 0 Å². The van der Waals surface area contributed by atoms with Gasteiger partial charge in [0, 0.05) is 21.7 Å². The molecular weight excluding hydrogens is 356 g/mol. The van der Waals surface area contributed by atoms with Crippen molar-refractivity contribution < 1.29 is 9.90 Å². The van der Waals surface area contributed by atoms with Crippen molar-refractivity contribution in [2.45, 2.75) is 33.8 Å². The lowest BCUT2D eigenvalue weighted by molar-refractivity contribution is 0.103. The molecule has 1 unspecified atom stereocenters. The molecule has 0 aliphatic carbocycles. The van der Waals surface area contributed by atoms with Crippen LogP contribution in [0.5, 0.6) is 0 Å². The summed E-state index contributed by atoms with van der Waals surface area (Å²) in [6.45, 7) is 7.98. The van der Waals surface area contributed by atoms with Crippen LogP contribution in [-0.2, 0) is 0 Å². The molecule has 0 aliphatic rings. The van der Waals surface area contributed by atoms with Gasteiger partial charge in [0.15, 0.2) is 5.78 Å². The topological polar surface area (TPSA) is 37.3 Å². The fraction of sp³-hybridized carbons (Fsp3) is 0.208. The van der Waals surface area contributed by atoms with Crippen LogP contribution in [0.25, 0.3) is 0 Å². The van der Waals surface area contributed by atoms with Crippen LogP contribution >= 0.6 is 11.6 Å². The van der Waals surface area contributed by atoms with Gasteiger partial charge in [-0.15, -0.1) is 0 Å². The molecule has 0 aromatic heterocycles. The maximum Gasteiger partial charge on any atom is 0.193 e. The Morgan fingerprint density at radius 2 is 1.37 bits per heavy atom. The van der Waals surface area contributed by atoms with E-state index in [9.17, 15) is 9.90 Å². The molecule has 2 nitrogen and oxygen atoms in total. The van der Waals surface area contributed by atoms with Crippen LogP contribution in [0, 0.1) is 27.7 Å². The molecule has 3 aromatic rings. The lowest BCUT2D eigenvalue weighted by Crippen LogP contribution is -2.13. The highest BCUT2D eigenvalue weighted by Gasteiger charge is 2.24. The van der Waals surface area contributed by atoms with Crippen LogP contribution in [0.1, 0.15) is 55.4 Å². The molecule has 0 saturated carbocycles. The monoisotopic (exact) mass is 378 g/mol. The summed E-state index contributed by atoms with van der Waals surface area (Å²) in [6.07, 6.45) is -0.967.